The first kappa shape index (κ1) is 21.4. The number of aliphatic carboxylic acids is 2. The summed E-state index contributed by atoms with van der Waals surface area (Å²) in [5.41, 5.74) is 0.0305. The Morgan fingerprint density at radius 3 is 1.89 bits per heavy atom. The van der Waals surface area contributed by atoms with Crippen LogP contribution in [0.25, 0.3) is 6.08 Å². The second kappa shape index (κ2) is 8.42. The quantitative estimate of drug-likeness (QED) is 0.637. The van der Waals surface area contributed by atoms with E-state index in [4.69, 9.17) is 0 Å². The standard InChI is InChI=1S/C24H28O4/c1-5-17-11-13-19(14-12-17)16-24(21(25)26,22(27)28)20(23(2,3)4)15-18-9-7-6-8-10-18/h5-14,20H,1,15-16H2,2-4H3,(H,25,26)(H,27,28). The van der Waals surface area contributed by atoms with Crippen molar-refractivity contribution in [3.8, 4) is 0 Å². The first-order valence-corrected chi connectivity index (χ1v) is 9.33. The molecule has 1 atom stereocenters. The van der Waals surface area contributed by atoms with Gasteiger partial charge in [-0.3, -0.25) is 9.59 Å². The average molecular weight is 380 g/mol. The lowest BCUT2D eigenvalue weighted by atomic mass is 9.59. The van der Waals surface area contributed by atoms with E-state index in [1.165, 1.54) is 0 Å². The summed E-state index contributed by atoms with van der Waals surface area (Å²) in [6.45, 7) is 9.43. The molecule has 2 rings (SSSR count). The van der Waals surface area contributed by atoms with Crippen LogP contribution in [-0.4, -0.2) is 22.2 Å². The number of carboxylic acids is 2. The molecule has 0 bridgehead atoms. The second-order valence-corrected chi connectivity index (χ2v) is 8.31. The van der Waals surface area contributed by atoms with Gasteiger partial charge in [-0.05, 0) is 40.9 Å². The van der Waals surface area contributed by atoms with Gasteiger partial charge in [0.05, 0.1) is 0 Å². The van der Waals surface area contributed by atoms with Crippen molar-refractivity contribution < 1.29 is 19.8 Å². The zero-order chi connectivity index (χ0) is 20.9. The van der Waals surface area contributed by atoms with Crippen molar-refractivity contribution in [3.05, 3.63) is 77.9 Å². The Hall–Kier alpha value is -2.88. The predicted molar refractivity (Wildman–Crippen MR) is 111 cm³/mol. The molecule has 4 nitrogen and oxygen atoms in total. The van der Waals surface area contributed by atoms with E-state index in [0.717, 1.165) is 11.1 Å². The van der Waals surface area contributed by atoms with Crippen LogP contribution in [0.15, 0.2) is 61.2 Å². The van der Waals surface area contributed by atoms with Gasteiger partial charge in [0.2, 0.25) is 0 Å². The minimum Gasteiger partial charge on any atom is -0.480 e. The summed E-state index contributed by atoms with van der Waals surface area (Å²) in [6, 6.07) is 16.7. The van der Waals surface area contributed by atoms with Gasteiger partial charge in [0.25, 0.3) is 0 Å². The van der Waals surface area contributed by atoms with Crippen molar-refractivity contribution in [1.82, 2.24) is 0 Å². The monoisotopic (exact) mass is 380 g/mol. The molecule has 148 valence electrons. The molecular formula is C24H28O4. The molecule has 0 aliphatic rings. The summed E-state index contributed by atoms with van der Waals surface area (Å²) < 4.78 is 0. The third-order valence-corrected chi connectivity index (χ3v) is 5.38. The van der Waals surface area contributed by atoms with Crippen LogP contribution in [0.5, 0.6) is 0 Å². The lowest BCUT2D eigenvalue weighted by molar-refractivity contribution is -0.173. The van der Waals surface area contributed by atoms with Crippen molar-refractivity contribution in [2.75, 3.05) is 0 Å². The van der Waals surface area contributed by atoms with Gasteiger partial charge >= 0.3 is 11.9 Å². The Labute approximate surface area is 166 Å². The maximum Gasteiger partial charge on any atom is 0.321 e. The smallest absolute Gasteiger partial charge is 0.321 e. The molecule has 0 aromatic heterocycles. The predicted octanol–water partition coefficient (Wildman–Crippen LogP) is 4.93. The van der Waals surface area contributed by atoms with Crippen LogP contribution in [0.3, 0.4) is 0 Å². The van der Waals surface area contributed by atoms with E-state index in [9.17, 15) is 19.8 Å². The average Bonchev–Trinajstić information content (AvgIpc) is 2.64. The molecule has 0 amide bonds. The third kappa shape index (κ3) is 4.50. The number of hydrogen-bond donors (Lipinski definition) is 2. The van der Waals surface area contributed by atoms with Crippen LogP contribution >= 0.6 is 0 Å². The number of carboxylic acid groups (broad SMARTS) is 2. The summed E-state index contributed by atoms with van der Waals surface area (Å²) in [5, 5.41) is 20.3. The van der Waals surface area contributed by atoms with Crippen LogP contribution in [0.4, 0.5) is 0 Å². The van der Waals surface area contributed by atoms with Gasteiger partial charge in [0.1, 0.15) is 0 Å². The molecule has 0 aliphatic carbocycles. The van der Waals surface area contributed by atoms with Crippen LogP contribution in [0, 0.1) is 16.7 Å². The van der Waals surface area contributed by atoms with Crippen molar-refractivity contribution in [2.45, 2.75) is 33.6 Å². The normalized spacial score (nSPS) is 13.0. The SMILES string of the molecule is C=Cc1ccc(CC(C(=O)O)(C(=O)O)C(Cc2ccccc2)C(C)(C)C)cc1. The van der Waals surface area contributed by atoms with Gasteiger partial charge in [0, 0.05) is 0 Å². The van der Waals surface area contributed by atoms with Crippen molar-refractivity contribution >= 4 is 18.0 Å². The van der Waals surface area contributed by atoms with Crippen LogP contribution in [-0.2, 0) is 22.4 Å². The van der Waals surface area contributed by atoms with E-state index >= 15 is 0 Å². The highest BCUT2D eigenvalue weighted by molar-refractivity contribution is 5.99. The molecule has 2 N–H and O–H groups in total. The molecule has 4 heteroatoms. The fourth-order valence-corrected chi connectivity index (χ4v) is 3.83. The van der Waals surface area contributed by atoms with Crippen molar-refractivity contribution in [3.63, 3.8) is 0 Å². The Kier molecular flexibility index (Phi) is 6.45. The van der Waals surface area contributed by atoms with E-state index in [-0.39, 0.29) is 6.42 Å². The maximum atomic E-state index is 12.5. The first-order chi connectivity index (χ1) is 13.1. The number of rotatable bonds is 8. The van der Waals surface area contributed by atoms with E-state index in [2.05, 4.69) is 6.58 Å². The Morgan fingerprint density at radius 2 is 1.46 bits per heavy atom. The van der Waals surface area contributed by atoms with Gasteiger partial charge in [0.15, 0.2) is 5.41 Å². The van der Waals surface area contributed by atoms with Crippen LogP contribution in [0.1, 0.15) is 37.5 Å². The van der Waals surface area contributed by atoms with E-state index in [0.29, 0.717) is 12.0 Å². The highest BCUT2D eigenvalue weighted by Gasteiger charge is 2.56. The molecule has 0 radical (unpaired) electrons. The summed E-state index contributed by atoms with van der Waals surface area (Å²) >= 11 is 0. The maximum absolute atomic E-state index is 12.5. The topological polar surface area (TPSA) is 74.6 Å². The Balaban J connectivity index is 2.57. The number of hydrogen-bond acceptors (Lipinski definition) is 2. The van der Waals surface area contributed by atoms with Crippen molar-refractivity contribution in [2.24, 2.45) is 16.7 Å². The lowest BCUT2D eigenvalue weighted by Crippen LogP contribution is -2.52. The number of carbonyl (C=O) groups is 2. The number of benzene rings is 2. The Bertz CT molecular complexity index is 815. The first-order valence-electron chi connectivity index (χ1n) is 9.33. The summed E-state index contributed by atoms with van der Waals surface area (Å²) in [4.78, 5) is 24.9. The second-order valence-electron chi connectivity index (χ2n) is 8.31. The molecular weight excluding hydrogens is 352 g/mol. The molecule has 0 fully saturated rings. The molecule has 0 saturated heterocycles. The zero-order valence-electron chi connectivity index (χ0n) is 16.7. The minimum absolute atomic E-state index is 0.0795. The fourth-order valence-electron chi connectivity index (χ4n) is 3.83. The molecule has 2 aromatic carbocycles. The fraction of sp³-hybridized carbons (Fsp3) is 0.333. The molecule has 0 saturated carbocycles. The molecule has 28 heavy (non-hydrogen) atoms. The summed E-state index contributed by atoms with van der Waals surface area (Å²) in [7, 11) is 0. The highest BCUT2D eigenvalue weighted by atomic mass is 16.4. The van der Waals surface area contributed by atoms with Gasteiger partial charge in [-0.1, -0.05) is 88.0 Å². The highest BCUT2D eigenvalue weighted by Crippen LogP contribution is 2.45. The van der Waals surface area contributed by atoms with Crippen LogP contribution in [0.2, 0.25) is 0 Å². The van der Waals surface area contributed by atoms with Gasteiger partial charge < -0.3 is 10.2 Å². The van der Waals surface area contributed by atoms with Gasteiger partial charge in [-0.2, -0.15) is 0 Å². The summed E-state index contributed by atoms with van der Waals surface area (Å²) in [5.74, 6) is -3.22. The molecule has 0 aliphatic heterocycles. The molecule has 1 unspecified atom stereocenters. The van der Waals surface area contributed by atoms with Crippen molar-refractivity contribution in [1.29, 1.82) is 0 Å². The largest absolute Gasteiger partial charge is 0.480 e. The summed E-state index contributed by atoms with van der Waals surface area (Å²) in [6.07, 6.45) is 1.98. The van der Waals surface area contributed by atoms with Gasteiger partial charge in [-0.25, -0.2) is 0 Å². The van der Waals surface area contributed by atoms with E-state index in [1.54, 1.807) is 18.2 Å². The lowest BCUT2D eigenvalue weighted by Gasteiger charge is -2.42. The molecule has 0 spiro atoms. The van der Waals surface area contributed by atoms with E-state index in [1.807, 2.05) is 63.2 Å². The van der Waals surface area contributed by atoms with Gasteiger partial charge in [-0.15, -0.1) is 0 Å². The Morgan fingerprint density at radius 1 is 0.929 bits per heavy atom. The zero-order valence-corrected chi connectivity index (χ0v) is 16.7. The third-order valence-electron chi connectivity index (χ3n) is 5.38. The minimum atomic E-state index is -1.94. The molecule has 2 aromatic rings. The van der Waals surface area contributed by atoms with Crippen LogP contribution < -0.4 is 0 Å². The molecule has 0 heterocycles. The van der Waals surface area contributed by atoms with E-state index < -0.39 is 28.7 Å².